The van der Waals surface area contributed by atoms with Gasteiger partial charge in [0.15, 0.2) is 17.6 Å². The quantitative estimate of drug-likeness (QED) is 0.613. The zero-order chi connectivity index (χ0) is 22.7. The number of fused-ring (bicyclic) bond motifs is 1. The largest absolute Gasteiger partial charge is 0.486 e. The van der Waals surface area contributed by atoms with Crippen LogP contribution < -0.4 is 14.2 Å². The number of benzene rings is 3. The van der Waals surface area contributed by atoms with E-state index < -0.39 is 15.8 Å². The normalized spacial score (nSPS) is 15.1. The van der Waals surface area contributed by atoms with Gasteiger partial charge in [-0.2, -0.15) is 0 Å². The maximum Gasteiger partial charge on any atom is 0.261 e. The van der Waals surface area contributed by atoms with Gasteiger partial charge in [0.05, 0.1) is 22.7 Å². The summed E-state index contributed by atoms with van der Waals surface area (Å²) in [6.07, 6.45) is -0.373. The predicted molar refractivity (Wildman–Crippen MR) is 117 cm³/mol. The molecule has 0 fully saturated rings. The van der Waals surface area contributed by atoms with Crippen LogP contribution >= 0.6 is 0 Å². The molecular formula is C23H21FN2O5S. The number of amides is 1. The van der Waals surface area contributed by atoms with E-state index in [4.69, 9.17) is 9.47 Å². The SMILES string of the molecule is CN(C[C@@H]1COc2ccccc2O1)C(=O)c1ccccc1NS(=O)(=O)c1ccc(F)cc1. The topological polar surface area (TPSA) is 84.9 Å². The third-order valence-electron chi connectivity index (χ3n) is 4.92. The maximum absolute atomic E-state index is 13.2. The lowest BCUT2D eigenvalue weighted by Crippen LogP contribution is -2.42. The highest BCUT2D eigenvalue weighted by atomic mass is 32.2. The van der Waals surface area contributed by atoms with Crippen molar-refractivity contribution in [3.05, 3.63) is 84.2 Å². The van der Waals surface area contributed by atoms with Gasteiger partial charge in [-0.1, -0.05) is 24.3 Å². The summed E-state index contributed by atoms with van der Waals surface area (Å²) in [7, 11) is -2.40. The van der Waals surface area contributed by atoms with Crippen LogP contribution in [-0.2, 0) is 10.0 Å². The Hall–Kier alpha value is -3.59. The highest BCUT2D eigenvalue weighted by Crippen LogP contribution is 2.31. The molecule has 3 aromatic carbocycles. The van der Waals surface area contributed by atoms with Gasteiger partial charge in [-0.3, -0.25) is 9.52 Å². The zero-order valence-corrected chi connectivity index (χ0v) is 18.0. The summed E-state index contributed by atoms with van der Waals surface area (Å²) < 4.78 is 52.6. The molecule has 0 spiro atoms. The number of nitrogens with zero attached hydrogens (tertiary/aromatic N) is 1. The van der Waals surface area contributed by atoms with Crippen LogP contribution in [0.3, 0.4) is 0 Å². The lowest BCUT2D eigenvalue weighted by atomic mass is 10.1. The molecule has 0 bridgehead atoms. The van der Waals surface area contributed by atoms with E-state index in [2.05, 4.69) is 4.72 Å². The fourth-order valence-corrected chi connectivity index (χ4v) is 4.40. The summed E-state index contributed by atoms with van der Waals surface area (Å²) in [5.74, 6) is 0.331. The molecule has 7 nitrogen and oxygen atoms in total. The van der Waals surface area contributed by atoms with Crippen LogP contribution in [-0.4, -0.2) is 45.5 Å². The molecule has 3 aromatic rings. The number of para-hydroxylation sites is 3. The van der Waals surface area contributed by atoms with E-state index in [-0.39, 0.29) is 41.3 Å². The summed E-state index contributed by atoms with van der Waals surface area (Å²) in [6, 6.07) is 18.0. The maximum atomic E-state index is 13.2. The summed E-state index contributed by atoms with van der Waals surface area (Å²) in [5.41, 5.74) is 0.303. The van der Waals surface area contributed by atoms with Crippen molar-refractivity contribution in [3.63, 3.8) is 0 Å². The number of likely N-dealkylation sites (N-methyl/N-ethyl adjacent to an activating group) is 1. The van der Waals surface area contributed by atoms with Gasteiger partial charge in [0.2, 0.25) is 0 Å². The summed E-state index contributed by atoms with van der Waals surface area (Å²) in [6.45, 7) is 0.527. The van der Waals surface area contributed by atoms with Gasteiger partial charge in [-0.25, -0.2) is 12.8 Å². The second-order valence-electron chi connectivity index (χ2n) is 7.29. The number of anilines is 1. The first kappa shape index (κ1) is 21.6. The molecule has 32 heavy (non-hydrogen) atoms. The van der Waals surface area contributed by atoms with Crippen LogP contribution in [0.5, 0.6) is 11.5 Å². The van der Waals surface area contributed by atoms with E-state index in [0.29, 0.717) is 11.5 Å². The molecule has 1 N–H and O–H groups in total. The van der Waals surface area contributed by atoms with Crippen molar-refractivity contribution in [1.82, 2.24) is 4.90 Å². The number of hydrogen-bond acceptors (Lipinski definition) is 5. The minimum Gasteiger partial charge on any atom is -0.486 e. The number of rotatable bonds is 6. The average Bonchev–Trinajstić information content (AvgIpc) is 2.79. The predicted octanol–water partition coefficient (Wildman–Crippen LogP) is 3.54. The second-order valence-corrected chi connectivity index (χ2v) is 8.97. The lowest BCUT2D eigenvalue weighted by Gasteiger charge is -2.30. The van der Waals surface area contributed by atoms with Gasteiger partial charge in [-0.05, 0) is 48.5 Å². The molecule has 0 aliphatic carbocycles. The van der Waals surface area contributed by atoms with Crippen molar-refractivity contribution in [2.45, 2.75) is 11.0 Å². The Morgan fingerprint density at radius 3 is 2.44 bits per heavy atom. The Kier molecular flexibility index (Phi) is 6.00. The van der Waals surface area contributed by atoms with E-state index >= 15 is 0 Å². The molecule has 4 rings (SSSR count). The first-order chi connectivity index (χ1) is 15.3. The minimum absolute atomic E-state index is 0.110. The van der Waals surface area contributed by atoms with E-state index in [9.17, 15) is 17.6 Å². The van der Waals surface area contributed by atoms with Gasteiger partial charge < -0.3 is 14.4 Å². The number of nitrogens with one attached hydrogen (secondary N) is 1. The van der Waals surface area contributed by atoms with Crippen molar-refractivity contribution in [2.24, 2.45) is 0 Å². The Balaban J connectivity index is 1.49. The molecule has 1 heterocycles. The van der Waals surface area contributed by atoms with E-state index in [1.165, 1.54) is 17.0 Å². The standard InChI is InChI=1S/C23H21FN2O5S/c1-26(14-17-15-30-21-8-4-5-9-22(21)31-17)23(27)19-6-2-3-7-20(19)25-32(28,29)18-12-10-16(24)11-13-18/h2-13,17,25H,14-15H2,1H3/t17-/m1/s1. The first-order valence-corrected chi connectivity index (χ1v) is 11.3. The molecule has 0 saturated heterocycles. The Labute approximate surface area is 185 Å². The number of hydrogen-bond donors (Lipinski definition) is 1. The second kappa shape index (κ2) is 8.88. The number of ether oxygens (including phenoxy) is 2. The fourth-order valence-electron chi connectivity index (χ4n) is 3.32. The molecule has 0 unspecified atom stereocenters. The van der Waals surface area contributed by atoms with Crippen molar-refractivity contribution in [1.29, 1.82) is 0 Å². The minimum atomic E-state index is -4.00. The van der Waals surface area contributed by atoms with Gasteiger partial charge >= 0.3 is 0 Å². The molecule has 1 aliphatic rings. The fraction of sp³-hybridized carbons (Fsp3) is 0.174. The molecule has 0 radical (unpaired) electrons. The molecule has 166 valence electrons. The van der Waals surface area contributed by atoms with E-state index in [0.717, 1.165) is 24.3 Å². The average molecular weight is 456 g/mol. The van der Waals surface area contributed by atoms with Crippen LogP contribution in [0.1, 0.15) is 10.4 Å². The molecule has 0 saturated carbocycles. The summed E-state index contributed by atoms with van der Waals surface area (Å²) in [4.78, 5) is 14.4. The monoisotopic (exact) mass is 456 g/mol. The zero-order valence-electron chi connectivity index (χ0n) is 17.2. The van der Waals surface area contributed by atoms with E-state index in [1.54, 1.807) is 25.2 Å². The van der Waals surface area contributed by atoms with Gasteiger partial charge in [-0.15, -0.1) is 0 Å². The van der Waals surface area contributed by atoms with Crippen molar-refractivity contribution in [2.75, 3.05) is 24.9 Å². The van der Waals surface area contributed by atoms with Crippen LogP contribution in [0.25, 0.3) is 0 Å². The molecular weight excluding hydrogens is 435 g/mol. The Morgan fingerprint density at radius 2 is 1.69 bits per heavy atom. The molecule has 1 atom stereocenters. The Bertz CT molecular complexity index is 1230. The van der Waals surface area contributed by atoms with Crippen molar-refractivity contribution in [3.8, 4) is 11.5 Å². The van der Waals surface area contributed by atoms with Gasteiger partial charge in [0, 0.05) is 7.05 Å². The molecule has 1 aliphatic heterocycles. The van der Waals surface area contributed by atoms with Gasteiger partial charge in [0.1, 0.15) is 12.4 Å². The number of sulfonamides is 1. The first-order valence-electron chi connectivity index (χ1n) is 9.85. The van der Waals surface area contributed by atoms with Crippen LogP contribution in [0.15, 0.2) is 77.7 Å². The Morgan fingerprint density at radius 1 is 1.03 bits per heavy atom. The molecule has 9 heteroatoms. The van der Waals surface area contributed by atoms with Crippen LogP contribution in [0, 0.1) is 5.82 Å². The summed E-state index contributed by atoms with van der Waals surface area (Å²) >= 11 is 0. The molecule has 0 aromatic heterocycles. The number of carbonyl (C=O) groups is 1. The van der Waals surface area contributed by atoms with Crippen molar-refractivity contribution < 1.29 is 27.1 Å². The number of halogens is 1. The van der Waals surface area contributed by atoms with Crippen LogP contribution in [0.2, 0.25) is 0 Å². The third-order valence-corrected chi connectivity index (χ3v) is 6.30. The third kappa shape index (κ3) is 4.67. The lowest BCUT2D eigenvalue weighted by molar-refractivity contribution is 0.0521. The highest BCUT2D eigenvalue weighted by molar-refractivity contribution is 7.92. The highest BCUT2D eigenvalue weighted by Gasteiger charge is 2.26. The number of carbonyl (C=O) groups excluding carboxylic acids is 1. The van der Waals surface area contributed by atoms with Gasteiger partial charge in [0.25, 0.3) is 15.9 Å². The van der Waals surface area contributed by atoms with Crippen LogP contribution in [0.4, 0.5) is 10.1 Å². The van der Waals surface area contributed by atoms with E-state index in [1.807, 2.05) is 18.2 Å². The summed E-state index contributed by atoms with van der Waals surface area (Å²) in [5, 5.41) is 0. The smallest absolute Gasteiger partial charge is 0.261 e. The van der Waals surface area contributed by atoms with Crippen molar-refractivity contribution >= 4 is 21.6 Å². The molecule has 1 amide bonds.